The maximum Gasteiger partial charge on any atom is 0.206 e. The predicted octanol–water partition coefficient (Wildman–Crippen LogP) is 2.61. The summed E-state index contributed by atoms with van der Waals surface area (Å²) in [6.45, 7) is 4.61. The Morgan fingerprint density at radius 2 is 2.17 bits per heavy atom. The topological polar surface area (TPSA) is 63.6 Å². The van der Waals surface area contributed by atoms with Crippen molar-refractivity contribution in [2.24, 2.45) is 0 Å². The number of hydrogen-bond acceptors (Lipinski definition) is 7. The molecular formula is C10H12FN5S2. The molecule has 0 aromatic carbocycles. The minimum Gasteiger partial charge on any atom is -0.360 e. The summed E-state index contributed by atoms with van der Waals surface area (Å²) in [6.07, 6.45) is 1.91. The molecule has 0 atom stereocenters. The third-order valence-electron chi connectivity index (χ3n) is 2.08. The lowest BCUT2D eigenvalue weighted by atomic mass is 10.3. The molecule has 2 aromatic rings. The van der Waals surface area contributed by atoms with E-state index < -0.39 is 0 Å². The van der Waals surface area contributed by atoms with Gasteiger partial charge in [0.05, 0.1) is 5.69 Å². The van der Waals surface area contributed by atoms with E-state index in [0.29, 0.717) is 21.5 Å². The van der Waals surface area contributed by atoms with Crippen molar-refractivity contribution in [2.75, 3.05) is 11.9 Å². The highest BCUT2D eigenvalue weighted by molar-refractivity contribution is 8.01. The first-order valence-corrected chi connectivity index (χ1v) is 7.12. The number of nitrogens with zero attached hydrogens (tertiary/aromatic N) is 4. The standard InChI is InChI=1S/C10H12FN5S2/c1-3-6-7(11)8(14-5-13-6)17-10-16-15-9(18-10)12-4-2/h5H,3-4H2,1-2H3,(H,12,15). The molecular weight excluding hydrogens is 273 g/mol. The van der Waals surface area contributed by atoms with Crippen molar-refractivity contribution in [3.8, 4) is 0 Å². The third-order valence-corrected chi connectivity index (χ3v) is 3.99. The maximum absolute atomic E-state index is 13.9. The highest BCUT2D eigenvalue weighted by Gasteiger charge is 2.13. The van der Waals surface area contributed by atoms with Crippen molar-refractivity contribution < 1.29 is 4.39 Å². The van der Waals surface area contributed by atoms with Gasteiger partial charge in [0, 0.05) is 6.54 Å². The van der Waals surface area contributed by atoms with Crippen LogP contribution in [-0.4, -0.2) is 26.7 Å². The first-order valence-electron chi connectivity index (χ1n) is 5.49. The van der Waals surface area contributed by atoms with Crippen molar-refractivity contribution in [1.82, 2.24) is 20.2 Å². The van der Waals surface area contributed by atoms with E-state index in [-0.39, 0.29) is 5.82 Å². The molecule has 0 aliphatic rings. The van der Waals surface area contributed by atoms with E-state index in [2.05, 4.69) is 25.5 Å². The van der Waals surface area contributed by atoms with Crippen molar-refractivity contribution in [2.45, 2.75) is 29.6 Å². The summed E-state index contributed by atoms with van der Waals surface area (Å²) < 4.78 is 14.6. The Morgan fingerprint density at radius 1 is 1.33 bits per heavy atom. The SMILES string of the molecule is CCNc1nnc(Sc2ncnc(CC)c2F)s1. The van der Waals surface area contributed by atoms with E-state index in [0.717, 1.165) is 11.7 Å². The van der Waals surface area contributed by atoms with Gasteiger partial charge in [-0.2, -0.15) is 0 Å². The normalized spacial score (nSPS) is 10.6. The van der Waals surface area contributed by atoms with E-state index in [1.54, 1.807) is 0 Å². The Hall–Kier alpha value is -1.28. The second-order valence-electron chi connectivity index (χ2n) is 3.30. The molecule has 0 spiro atoms. The van der Waals surface area contributed by atoms with E-state index in [1.807, 2.05) is 13.8 Å². The molecule has 0 radical (unpaired) electrons. The minimum absolute atomic E-state index is 0.293. The molecule has 0 aliphatic heterocycles. The number of halogens is 1. The second-order valence-corrected chi connectivity index (χ2v) is 5.51. The van der Waals surface area contributed by atoms with Crippen LogP contribution in [0.15, 0.2) is 15.7 Å². The molecule has 0 unspecified atom stereocenters. The molecule has 0 saturated carbocycles. The zero-order valence-electron chi connectivity index (χ0n) is 9.97. The lowest BCUT2D eigenvalue weighted by molar-refractivity contribution is 0.559. The fraction of sp³-hybridized carbons (Fsp3) is 0.400. The first-order chi connectivity index (χ1) is 8.74. The molecule has 2 rings (SSSR count). The molecule has 0 saturated heterocycles. The monoisotopic (exact) mass is 285 g/mol. The van der Waals surface area contributed by atoms with Crippen LogP contribution < -0.4 is 5.32 Å². The fourth-order valence-corrected chi connectivity index (χ4v) is 3.00. The van der Waals surface area contributed by atoms with Gasteiger partial charge in [-0.15, -0.1) is 10.2 Å². The van der Waals surface area contributed by atoms with E-state index >= 15 is 0 Å². The third kappa shape index (κ3) is 2.94. The number of anilines is 1. The molecule has 18 heavy (non-hydrogen) atoms. The summed E-state index contributed by atoms with van der Waals surface area (Å²) in [6, 6.07) is 0. The Labute approximate surface area is 112 Å². The Kier molecular flexibility index (Phi) is 4.43. The molecule has 0 fully saturated rings. The van der Waals surface area contributed by atoms with Gasteiger partial charge in [-0.3, -0.25) is 0 Å². The number of rotatable bonds is 5. The Bertz CT molecular complexity index is 531. The molecule has 2 aromatic heterocycles. The fourth-order valence-electron chi connectivity index (χ4n) is 1.26. The van der Waals surface area contributed by atoms with Crippen LogP contribution in [0.2, 0.25) is 0 Å². The summed E-state index contributed by atoms with van der Waals surface area (Å²) in [5, 5.41) is 12.0. The lowest BCUT2D eigenvalue weighted by Gasteiger charge is -2.01. The first kappa shape index (κ1) is 13.2. The summed E-state index contributed by atoms with van der Waals surface area (Å²) in [5.41, 5.74) is 0.420. The number of aryl methyl sites for hydroxylation is 1. The number of nitrogens with one attached hydrogen (secondary N) is 1. The van der Waals surface area contributed by atoms with Crippen LogP contribution in [0.25, 0.3) is 0 Å². The minimum atomic E-state index is -0.370. The molecule has 5 nitrogen and oxygen atoms in total. The maximum atomic E-state index is 13.9. The van der Waals surface area contributed by atoms with Crippen LogP contribution in [0.4, 0.5) is 9.52 Å². The molecule has 0 amide bonds. The van der Waals surface area contributed by atoms with Crippen LogP contribution in [0.3, 0.4) is 0 Å². The summed E-state index contributed by atoms with van der Waals surface area (Å²) in [7, 11) is 0. The predicted molar refractivity (Wildman–Crippen MR) is 69.6 cm³/mol. The molecule has 1 N–H and O–H groups in total. The van der Waals surface area contributed by atoms with Crippen LogP contribution in [0.5, 0.6) is 0 Å². The molecule has 0 aliphatic carbocycles. The summed E-state index contributed by atoms with van der Waals surface area (Å²) in [4.78, 5) is 7.82. The lowest BCUT2D eigenvalue weighted by Crippen LogP contribution is -1.97. The van der Waals surface area contributed by atoms with E-state index in [9.17, 15) is 4.39 Å². The highest BCUT2D eigenvalue weighted by Crippen LogP contribution is 2.32. The van der Waals surface area contributed by atoms with Gasteiger partial charge in [0.2, 0.25) is 5.13 Å². The van der Waals surface area contributed by atoms with Gasteiger partial charge in [-0.1, -0.05) is 18.3 Å². The van der Waals surface area contributed by atoms with Crippen molar-refractivity contribution >= 4 is 28.2 Å². The van der Waals surface area contributed by atoms with Crippen molar-refractivity contribution in [3.63, 3.8) is 0 Å². The van der Waals surface area contributed by atoms with Crippen LogP contribution in [0, 0.1) is 5.82 Å². The largest absolute Gasteiger partial charge is 0.360 e. The van der Waals surface area contributed by atoms with Crippen molar-refractivity contribution in [3.05, 3.63) is 17.8 Å². The van der Waals surface area contributed by atoms with Crippen molar-refractivity contribution in [1.29, 1.82) is 0 Å². The Morgan fingerprint density at radius 3 is 2.89 bits per heavy atom. The average Bonchev–Trinajstić information content (AvgIpc) is 2.80. The molecule has 96 valence electrons. The molecule has 0 bridgehead atoms. The number of hydrogen-bond donors (Lipinski definition) is 1. The van der Waals surface area contributed by atoms with Gasteiger partial charge < -0.3 is 5.32 Å². The Balaban J connectivity index is 2.17. The summed E-state index contributed by atoms with van der Waals surface area (Å²) in [5.74, 6) is -0.370. The summed E-state index contributed by atoms with van der Waals surface area (Å²) >= 11 is 2.55. The smallest absolute Gasteiger partial charge is 0.206 e. The zero-order chi connectivity index (χ0) is 13.0. The number of aromatic nitrogens is 4. The van der Waals surface area contributed by atoms with Gasteiger partial charge in [0.1, 0.15) is 11.4 Å². The van der Waals surface area contributed by atoms with Crippen LogP contribution in [0.1, 0.15) is 19.5 Å². The van der Waals surface area contributed by atoms with Gasteiger partial charge in [-0.25, -0.2) is 14.4 Å². The van der Waals surface area contributed by atoms with Gasteiger partial charge in [0.25, 0.3) is 0 Å². The van der Waals surface area contributed by atoms with E-state index in [4.69, 9.17) is 0 Å². The van der Waals surface area contributed by atoms with E-state index in [1.165, 1.54) is 29.4 Å². The average molecular weight is 285 g/mol. The van der Waals surface area contributed by atoms with Gasteiger partial charge in [0.15, 0.2) is 10.2 Å². The van der Waals surface area contributed by atoms with Crippen LogP contribution >= 0.6 is 23.1 Å². The van der Waals surface area contributed by atoms with Gasteiger partial charge in [-0.05, 0) is 25.1 Å². The second kappa shape index (κ2) is 6.05. The molecule has 8 heteroatoms. The zero-order valence-corrected chi connectivity index (χ0v) is 11.6. The van der Waals surface area contributed by atoms with Crippen LogP contribution in [-0.2, 0) is 6.42 Å². The highest BCUT2D eigenvalue weighted by atomic mass is 32.2. The molecule has 2 heterocycles. The van der Waals surface area contributed by atoms with Gasteiger partial charge >= 0.3 is 0 Å². The quantitative estimate of drug-likeness (QED) is 0.852.